The van der Waals surface area contributed by atoms with E-state index in [0.717, 1.165) is 26.2 Å². The largest absolute Gasteiger partial charge is 0.502 e. The van der Waals surface area contributed by atoms with Gasteiger partial charge in [0.2, 0.25) is 0 Å². The van der Waals surface area contributed by atoms with Crippen LogP contribution < -0.4 is 0 Å². The minimum absolute atomic E-state index is 0.222. The van der Waals surface area contributed by atoms with Crippen molar-refractivity contribution >= 4 is 5.97 Å². The van der Waals surface area contributed by atoms with Crippen LogP contribution in [0.15, 0.2) is 12.3 Å². The highest BCUT2D eigenvalue weighted by Crippen LogP contribution is 2.13. The molecule has 4 heteroatoms. The van der Waals surface area contributed by atoms with Crippen LogP contribution in [0.3, 0.4) is 0 Å². The van der Waals surface area contributed by atoms with E-state index in [2.05, 4.69) is 20.8 Å². The van der Waals surface area contributed by atoms with Gasteiger partial charge < -0.3 is 14.6 Å². The molecule has 0 amide bonds. The number of unbranched alkanes of at least 4 members (excludes halogenated alkanes) is 22. The second kappa shape index (κ2) is 45.9. The first-order chi connectivity index (χ1) is 20.1. The van der Waals surface area contributed by atoms with E-state index in [9.17, 15) is 4.79 Å². The summed E-state index contributed by atoms with van der Waals surface area (Å²) in [5, 5.41) is 7.72. The molecule has 4 nitrogen and oxygen atoms in total. The van der Waals surface area contributed by atoms with E-state index < -0.39 is 5.97 Å². The van der Waals surface area contributed by atoms with Gasteiger partial charge in [0.05, 0.1) is 12.9 Å². The van der Waals surface area contributed by atoms with Crippen LogP contribution in [0.1, 0.15) is 202 Å². The second-order valence-electron chi connectivity index (χ2n) is 11.5. The summed E-state index contributed by atoms with van der Waals surface area (Å²) < 4.78 is 10.8. The van der Waals surface area contributed by atoms with Gasteiger partial charge in [-0.25, -0.2) is 0 Å². The Labute approximate surface area is 258 Å². The Hall–Kier alpha value is -1.03. The fraction of sp³-hybridized carbons (Fsp3) is 0.919. The Kier molecular flexibility index (Phi) is 49.8. The van der Waals surface area contributed by atoms with E-state index in [1.165, 1.54) is 154 Å². The highest BCUT2D eigenvalue weighted by molar-refractivity contribution is 5.66. The quantitative estimate of drug-likeness (QED) is 0.0674. The molecule has 0 aliphatic heterocycles. The fourth-order valence-electron chi connectivity index (χ4n) is 4.47. The van der Waals surface area contributed by atoms with Gasteiger partial charge in [0.15, 0.2) is 0 Å². The third kappa shape index (κ3) is 55.5. The molecule has 0 aliphatic rings. The van der Waals surface area contributed by atoms with Gasteiger partial charge in [0.1, 0.15) is 0 Å². The van der Waals surface area contributed by atoms with Crippen LogP contribution in [0.25, 0.3) is 0 Å². The van der Waals surface area contributed by atoms with Crippen LogP contribution >= 0.6 is 0 Å². The number of allylic oxidation sites excluding steroid dienone is 1. The summed E-state index contributed by atoms with van der Waals surface area (Å²) in [7, 11) is 0. The van der Waals surface area contributed by atoms with Gasteiger partial charge in [-0.1, -0.05) is 175 Å². The highest BCUT2D eigenvalue weighted by Gasteiger charge is 1.96. The number of rotatable bonds is 30. The van der Waals surface area contributed by atoms with E-state index in [0.29, 0.717) is 0 Å². The molecule has 0 bridgehead atoms. The lowest BCUT2D eigenvalue weighted by Gasteiger charge is -2.05. The first-order valence-corrected chi connectivity index (χ1v) is 18.1. The number of hydrogen-bond donors (Lipinski definition) is 1. The molecule has 0 rings (SSSR count). The topological polar surface area (TPSA) is 55.8 Å². The molecule has 0 aromatic heterocycles. The van der Waals surface area contributed by atoms with Gasteiger partial charge in [-0.2, -0.15) is 0 Å². The maximum Gasteiger partial charge on any atom is 0.303 e. The van der Waals surface area contributed by atoms with E-state index in [1.54, 1.807) is 13.2 Å². The molecule has 0 aliphatic carbocycles. The lowest BCUT2D eigenvalue weighted by molar-refractivity contribution is -0.136. The number of ether oxygens (including phenoxy) is 2. The van der Waals surface area contributed by atoms with Crippen LogP contribution in [0, 0.1) is 0 Å². The summed E-state index contributed by atoms with van der Waals surface area (Å²) in [6, 6.07) is 0. The SMILES string of the molecule is CC=COCCC.CCC(=O)O.CCCCCCCCCCCCCCOCCCCCCCCCCCCCC. The van der Waals surface area contributed by atoms with Crippen LogP contribution in [-0.4, -0.2) is 30.9 Å². The summed E-state index contributed by atoms with van der Waals surface area (Å²) in [6.45, 7) is 13.0. The van der Waals surface area contributed by atoms with Crippen molar-refractivity contribution < 1.29 is 19.4 Å². The maximum atomic E-state index is 9.37. The van der Waals surface area contributed by atoms with Crippen molar-refractivity contribution in [2.75, 3.05) is 19.8 Å². The molecule has 0 atom stereocenters. The molecule has 0 unspecified atom stereocenters. The monoisotopic (exact) mass is 585 g/mol. The smallest absolute Gasteiger partial charge is 0.303 e. The molecule has 248 valence electrons. The molecular weight excluding hydrogens is 508 g/mol. The third-order valence-electron chi connectivity index (χ3n) is 7.14. The molecule has 0 saturated carbocycles. The second-order valence-corrected chi connectivity index (χ2v) is 11.5. The first-order valence-electron chi connectivity index (χ1n) is 18.1. The zero-order chi connectivity index (χ0) is 30.9. The Morgan fingerprint density at radius 2 is 0.780 bits per heavy atom. The minimum atomic E-state index is -0.745. The van der Waals surface area contributed by atoms with E-state index >= 15 is 0 Å². The summed E-state index contributed by atoms with van der Waals surface area (Å²) >= 11 is 0. The fourth-order valence-corrected chi connectivity index (χ4v) is 4.47. The summed E-state index contributed by atoms with van der Waals surface area (Å²) in [5.74, 6) is -0.745. The number of aliphatic carboxylic acids is 1. The molecule has 0 spiro atoms. The molecule has 0 saturated heterocycles. The van der Waals surface area contributed by atoms with Crippen LogP contribution in [0.4, 0.5) is 0 Å². The van der Waals surface area contributed by atoms with Crippen molar-refractivity contribution in [3.8, 4) is 0 Å². The van der Waals surface area contributed by atoms with Crippen molar-refractivity contribution in [2.24, 2.45) is 0 Å². The third-order valence-corrected chi connectivity index (χ3v) is 7.14. The lowest BCUT2D eigenvalue weighted by Crippen LogP contribution is -1.97. The number of carboxylic acid groups (broad SMARTS) is 1. The normalized spacial score (nSPS) is 10.7. The van der Waals surface area contributed by atoms with Gasteiger partial charge in [0.25, 0.3) is 0 Å². The predicted molar refractivity (Wildman–Crippen MR) is 182 cm³/mol. The molecule has 0 heterocycles. The molecule has 0 radical (unpaired) electrons. The zero-order valence-corrected chi connectivity index (χ0v) is 28.8. The van der Waals surface area contributed by atoms with Crippen LogP contribution in [0.5, 0.6) is 0 Å². The first kappa shape index (κ1) is 44.4. The van der Waals surface area contributed by atoms with E-state index in [4.69, 9.17) is 14.6 Å². The van der Waals surface area contributed by atoms with Crippen LogP contribution in [-0.2, 0) is 14.3 Å². The predicted octanol–water partition coefficient (Wildman–Crippen LogP) is 12.8. The van der Waals surface area contributed by atoms with Gasteiger partial charge >= 0.3 is 5.97 Å². The summed E-state index contributed by atoms with van der Waals surface area (Å²) in [5.41, 5.74) is 0. The Morgan fingerprint density at radius 1 is 0.488 bits per heavy atom. The molecule has 0 aromatic rings. The van der Waals surface area contributed by atoms with Gasteiger partial charge in [-0.05, 0) is 26.2 Å². The lowest BCUT2D eigenvalue weighted by atomic mass is 10.1. The summed E-state index contributed by atoms with van der Waals surface area (Å²) in [6.07, 6.45) is 39.0. The maximum absolute atomic E-state index is 9.37. The average Bonchev–Trinajstić information content (AvgIpc) is 2.98. The Bertz CT molecular complexity index is 438. The zero-order valence-electron chi connectivity index (χ0n) is 28.8. The van der Waals surface area contributed by atoms with Gasteiger partial charge in [0, 0.05) is 19.6 Å². The van der Waals surface area contributed by atoms with Crippen LogP contribution in [0.2, 0.25) is 0 Å². The Morgan fingerprint density at radius 3 is 1.02 bits per heavy atom. The van der Waals surface area contributed by atoms with Crippen molar-refractivity contribution in [1.29, 1.82) is 0 Å². The average molecular weight is 585 g/mol. The molecular formula is C37H76O4. The highest BCUT2D eigenvalue weighted by atomic mass is 16.5. The minimum Gasteiger partial charge on any atom is -0.502 e. The molecule has 41 heavy (non-hydrogen) atoms. The molecule has 1 N–H and O–H groups in total. The van der Waals surface area contributed by atoms with Crippen molar-refractivity contribution in [3.63, 3.8) is 0 Å². The number of carboxylic acids is 1. The Balaban J connectivity index is -0.000000996. The number of carbonyl (C=O) groups is 1. The molecule has 0 aromatic carbocycles. The van der Waals surface area contributed by atoms with Crippen molar-refractivity contribution in [3.05, 3.63) is 12.3 Å². The van der Waals surface area contributed by atoms with Gasteiger partial charge in [-0.3, -0.25) is 4.79 Å². The van der Waals surface area contributed by atoms with Crippen molar-refractivity contribution in [1.82, 2.24) is 0 Å². The van der Waals surface area contributed by atoms with Gasteiger partial charge in [-0.15, -0.1) is 0 Å². The summed E-state index contributed by atoms with van der Waals surface area (Å²) in [4.78, 5) is 9.37. The molecule has 0 fully saturated rings. The van der Waals surface area contributed by atoms with E-state index in [1.807, 2.05) is 13.0 Å². The van der Waals surface area contributed by atoms with E-state index in [-0.39, 0.29) is 6.42 Å². The standard InChI is InChI=1S/C28H58O.C6H12O.C3H6O2/c1-3-5-7-9-11-13-15-17-19-21-23-25-27-29-28-26-24-22-20-18-16-14-12-10-8-6-4-2;1-3-5-7-6-4-2;1-2-3(4)5/h3-28H2,1-2H3;3,5H,4,6H2,1-2H3;2H2,1H3,(H,4,5). The van der Waals surface area contributed by atoms with Crippen molar-refractivity contribution in [2.45, 2.75) is 202 Å². The number of hydrogen-bond acceptors (Lipinski definition) is 3.